The van der Waals surface area contributed by atoms with Crippen LogP contribution in [0.25, 0.3) is 0 Å². The molecule has 5 heteroatoms. The number of pyridine rings is 1. The van der Waals surface area contributed by atoms with Crippen LogP contribution in [-0.4, -0.2) is 10.1 Å². The zero-order chi connectivity index (χ0) is 17.2. The Hall–Kier alpha value is -1.58. The van der Waals surface area contributed by atoms with Gasteiger partial charge in [0.15, 0.2) is 0 Å². The van der Waals surface area contributed by atoms with Gasteiger partial charge in [0.2, 0.25) is 0 Å². The molecule has 1 unspecified atom stereocenters. The molecule has 0 aliphatic carbocycles. The maximum atomic E-state index is 11.7. The molecule has 3 aromatic rings. The van der Waals surface area contributed by atoms with Gasteiger partial charge >= 0.3 is 0 Å². The number of hydrogen-bond acceptors (Lipinski definition) is 2. The fourth-order valence-corrected chi connectivity index (χ4v) is 3.27. The Morgan fingerprint density at radius 1 is 0.875 bits per heavy atom. The number of aliphatic hydroxyl groups is 1. The van der Waals surface area contributed by atoms with E-state index in [1.54, 1.807) is 48.8 Å². The van der Waals surface area contributed by atoms with Crippen molar-refractivity contribution < 1.29 is 5.11 Å². The van der Waals surface area contributed by atoms with Gasteiger partial charge in [-0.1, -0.05) is 54.1 Å². The Kier molecular flexibility index (Phi) is 5.12. The van der Waals surface area contributed by atoms with E-state index in [2.05, 4.69) is 4.98 Å². The number of benzene rings is 2. The van der Waals surface area contributed by atoms with Gasteiger partial charge in [0.25, 0.3) is 0 Å². The summed E-state index contributed by atoms with van der Waals surface area (Å²) in [5.74, 6) is 0. The largest absolute Gasteiger partial charge is 0.376 e. The van der Waals surface area contributed by atoms with E-state index in [0.717, 1.165) is 0 Å². The Labute approximate surface area is 155 Å². The lowest BCUT2D eigenvalue weighted by Crippen LogP contribution is -2.30. The molecular weight excluding hydrogens is 365 g/mol. The fourth-order valence-electron chi connectivity index (χ4n) is 2.76. The third kappa shape index (κ3) is 3.15. The van der Waals surface area contributed by atoms with Crippen molar-refractivity contribution in [1.29, 1.82) is 0 Å². The fraction of sp³-hybridized carbons (Fsp3) is 0.105. The first-order chi connectivity index (χ1) is 11.5. The van der Waals surface area contributed by atoms with Crippen LogP contribution in [0.5, 0.6) is 0 Å². The highest BCUT2D eigenvalue weighted by atomic mass is 35.5. The summed E-state index contributed by atoms with van der Waals surface area (Å²) in [6, 6.07) is 17.9. The highest BCUT2D eigenvalue weighted by molar-refractivity contribution is 6.44. The average Bonchev–Trinajstić information content (AvgIpc) is 2.62. The Morgan fingerprint density at radius 3 is 2.21 bits per heavy atom. The molecule has 0 spiro atoms. The summed E-state index contributed by atoms with van der Waals surface area (Å²) in [7, 11) is 0. The Bertz CT molecular complexity index is 822. The van der Waals surface area contributed by atoms with Crippen LogP contribution in [0.3, 0.4) is 0 Å². The maximum absolute atomic E-state index is 11.7. The zero-order valence-corrected chi connectivity index (χ0v) is 14.8. The lowest BCUT2D eigenvalue weighted by molar-refractivity contribution is 0.124. The van der Waals surface area contributed by atoms with Crippen molar-refractivity contribution >= 4 is 34.8 Å². The van der Waals surface area contributed by atoms with Gasteiger partial charge in [-0.05, 0) is 34.9 Å². The third-order valence-electron chi connectivity index (χ3n) is 3.93. The number of nitrogens with zero attached hydrogens (tertiary/aromatic N) is 1. The topological polar surface area (TPSA) is 33.1 Å². The lowest BCUT2D eigenvalue weighted by Gasteiger charge is -2.32. The predicted octanol–water partition coefficient (Wildman–Crippen LogP) is 5.50. The SMILES string of the molecule is OC(c1ccc(Cl)cc1)(c1cccnc1)c1ccccc1C(Cl)Cl. The second kappa shape index (κ2) is 7.12. The van der Waals surface area contributed by atoms with Crippen LogP contribution in [-0.2, 0) is 5.60 Å². The first-order valence-corrected chi connectivity index (χ1v) is 8.55. The van der Waals surface area contributed by atoms with E-state index in [1.807, 2.05) is 24.3 Å². The van der Waals surface area contributed by atoms with Gasteiger partial charge in [-0.25, -0.2) is 0 Å². The van der Waals surface area contributed by atoms with Crippen molar-refractivity contribution in [3.8, 4) is 0 Å². The van der Waals surface area contributed by atoms with Gasteiger partial charge in [0.05, 0.1) is 0 Å². The van der Waals surface area contributed by atoms with Crippen LogP contribution in [0.1, 0.15) is 27.1 Å². The number of hydrogen-bond donors (Lipinski definition) is 1. The molecule has 2 aromatic carbocycles. The van der Waals surface area contributed by atoms with E-state index in [4.69, 9.17) is 34.8 Å². The van der Waals surface area contributed by atoms with Gasteiger partial charge in [-0.2, -0.15) is 0 Å². The molecule has 1 aromatic heterocycles. The summed E-state index contributed by atoms with van der Waals surface area (Å²) in [5.41, 5.74) is 1.07. The number of rotatable bonds is 4. The number of halogens is 3. The molecule has 0 aliphatic rings. The molecule has 0 bridgehead atoms. The molecule has 1 N–H and O–H groups in total. The minimum Gasteiger partial charge on any atom is -0.376 e. The summed E-state index contributed by atoms with van der Waals surface area (Å²) >= 11 is 18.3. The summed E-state index contributed by atoms with van der Waals surface area (Å²) < 4.78 is 0. The van der Waals surface area contributed by atoms with Gasteiger partial charge in [-0.15, -0.1) is 23.2 Å². The van der Waals surface area contributed by atoms with Gasteiger partial charge in [0.1, 0.15) is 10.4 Å². The smallest absolute Gasteiger partial charge is 0.142 e. The Morgan fingerprint density at radius 2 is 1.58 bits per heavy atom. The van der Waals surface area contributed by atoms with Crippen LogP contribution in [0.2, 0.25) is 5.02 Å². The van der Waals surface area contributed by atoms with Gasteiger partial charge in [0, 0.05) is 23.0 Å². The molecule has 0 radical (unpaired) electrons. The van der Waals surface area contributed by atoms with Crippen molar-refractivity contribution in [2.24, 2.45) is 0 Å². The van der Waals surface area contributed by atoms with E-state index in [0.29, 0.717) is 27.3 Å². The van der Waals surface area contributed by atoms with Crippen LogP contribution >= 0.6 is 34.8 Å². The van der Waals surface area contributed by atoms with E-state index in [9.17, 15) is 5.11 Å². The van der Waals surface area contributed by atoms with Crippen LogP contribution in [0.15, 0.2) is 73.1 Å². The molecule has 1 heterocycles. The standard InChI is InChI=1S/C19H14Cl3NO/c20-15-9-7-13(8-10-15)19(24,14-4-3-11-23-12-14)17-6-2-1-5-16(17)18(21)22/h1-12,18,24H. The lowest BCUT2D eigenvalue weighted by atomic mass is 9.79. The van der Waals surface area contributed by atoms with Gasteiger partial charge < -0.3 is 5.11 Å². The van der Waals surface area contributed by atoms with E-state index < -0.39 is 10.4 Å². The summed E-state index contributed by atoms with van der Waals surface area (Å²) in [5, 5.41) is 12.3. The summed E-state index contributed by atoms with van der Waals surface area (Å²) in [4.78, 5) is 3.37. The highest BCUT2D eigenvalue weighted by Crippen LogP contribution is 2.41. The van der Waals surface area contributed by atoms with E-state index in [-0.39, 0.29) is 0 Å². The number of aromatic nitrogens is 1. The molecule has 1 atom stereocenters. The van der Waals surface area contributed by atoms with Crippen LogP contribution in [0, 0.1) is 0 Å². The molecule has 0 saturated carbocycles. The molecule has 0 amide bonds. The molecule has 0 fully saturated rings. The van der Waals surface area contributed by atoms with Crippen molar-refractivity contribution in [3.63, 3.8) is 0 Å². The minimum absolute atomic E-state index is 0.591. The molecule has 3 rings (SSSR count). The van der Waals surface area contributed by atoms with E-state index >= 15 is 0 Å². The van der Waals surface area contributed by atoms with Gasteiger partial charge in [-0.3, -0.25) is 4.98 Å². The molecular formula is C19H14Cl3NO. The van der Waals surface area contributed by atoms with E-state index in [1.165, 1.54) is 0 Å². The molecule has 24 heavy (non-hydrogen) atoms. The number of alkyl halides is 2. The first-order valence-electron chi connectivity index (χ1n) is 7.30. The van der Waals surface area contributed by atoms with Crippen molar-refractivity contribution in [1.82, 2.24) is 4.98 Å². The Balaban J connectivity index is 2.30. The molecule has 0 aliphatic heterocycles. The second-order valence-corrected chi connectivity index (χ2v) is 6.88. The third-order valence-corrected chi connectivity index (χ3v) is 4.65. The quantitative estimate of drug-likeness (QED) is 0.608. The molecule has 122 valence electrons. The van der Waals surface area contributed by atoms with Crippen molar-refractivity contribution in [2.45, 2.75) is 10.4 Å². The molecule has 2 nitrogen and oxygen atoms in total. The second-order valence-electron chi connectivity index (χ2n) is 5.35. The summed E-state index contributed by atoms with van der Waals surface area (Å²) in [6.45, 7) is 0. The monoisotopic (exact) mass is 377 g/mol. The normalized spacial score (nSPS) is 13.7. The predicted molar refractivity (Wildman–Crippen MR) is 98.7 cm³/mol. The maximum Gasteiger partial charge on any atom is 0.142 e. The van der Waals surface area contributed by atoms with Crippen LogP contribution in [0.4, 0.5) is 0 Å². The first kappa shape index (κ1) is 17.2. The zero-order valence-electron chi connectivity index (χ0n) is 12.5. The molecule has 0 saturated heterocycles. The summed E-state index contributed by atoms with van der Waals surface area (Å²) in [6.07, 6.45) is 3.28. The van der Waals surface area contributed by atoms with Crippen LogP contribution < -0.4 is 0 Å². The highest BCUT2D eigenvalue weighted by Gasteiger charge is 2.36. The van der Waals surface area contributed by atoms with Crippen molar-refractivity contribution in [2.75, 3.05) is 0 Å². The minimum atomic E-state index is -1.45. The average molecular weight is 379 g/mol. The van der Waals surface area contributed by atoms with Crippen molar-refractivity contribution in [3.05, 3.63) is 100 Å².